The van der Waals surface area contributed by atoms with Gasteiger partial charge in [0.25, 0.3) is 0 Å². The van der Waals surface area contributed by atoms with E-state index in [1.54, 1.807) is 0 Å². The molecule has 0 aromatic carbocycles. The minimum absolute atomic E-state index is 0.0124. The SMILES string of the molecule is FC(F)(F)Cn1c(C(F)(F)F)nc2c1CCNC2. The first-order chi connectivity index (χ1) is 8.18. The van der Waals surface area contributed by atoms with Crippen LogP contribution >= 0.6 is 0 Å². The molecular weight excluding hydrogens is 264 g/mol. The van der Waals surface area contributed by atoms with Crippen LogP contribution in [0.3, 0.4) is 0 Å². The van der Waals surface area contributed by atoms with Gasteiger partial charge in [-0.25, -0.2) is 4.98 Å². The number of hydrogen-bond donors (Lipinski definition) is 1. The standard InChI is InChI=1S/C9H9F6N3/c10-8(11,12)4-18-6-1-2-16-3-5(6)17-7(18)9(13,14)15/h16H,1-4H2. The molecule has 9 heteroatoms. The Morgan fingerprint density at radius 2 is 1.83 bits per heavy atom. The molecule has 1 aliphatic rings. The Morgan fingerprint density at radius 3 is 2.39 bits per heavy atom. The van der Waals surface area contributed by atoms with Gasteiger partial charge < -0.3 is 9.88 Å². The fourth-order valence-electron chi connectivity index (χ4n) is 1.94. The van der Waals surface area contributed by atoms with Crippen LogP contribution in [-0.2, 0) is 25.7 Å². The molecule has 0 aliphatic carbocycles. The molecule has 1 aliphatic heterocycles. The maximum absolute atomic E-state index is 12.6. The quantitative estimate of drug-likeness (QED) is 0.794. The van der Waals surface area contributed by atoms with Crippen LogP contribution in [0.4, 0.5) is 26.3 Å². The molecular formula is C9H9F6N3. The van der Waals surface area contributed by atoms with Gasteiger partial charge in [0.15, 0.2) is 0 Å². The molecule has 0 amide bonds. The predicted molar refractivity (Wildman–Crippen MR) is 48.7 cm³/mol. The molecule has 1 N–H and O–H groups in total. The third kappa shape index (κ3) is 2.60. The Balaban J connectivity index is 2.49. The summed E-state index contributed by atoms with van der Waals surface area (Å²) in [7, 11) is 0. The first kappa shape index (κ1) is 13.2. The molecule has 0 unspecified atom stereocenters. The average molecular weight is 273 g/mol. The van der Waals surface area contributed by atoms with Crippen LogP contribution < -0.4 is 5.32 Å². The zero-order valence-electron chi connectivity index (χ0n) is 8.99. The van der Waals surface area contributed by atoms with E-state index in [2.05, 4.69) is 10.3 Å². The second-order valence-electron chi connectivity index (χ2n) is 3.95. The second kappa shape index (κ2) is 4.15. The first-order valence-electron chi connectivity index (χ1n) is 5.11. The normalized spacial score (nSPS) is 16.8. The topological polar surface area (TPSA) is 29.9 Å². The number of halogens is 6. The minimum Gasteiger partial charge on any atom is -0.315 e. The average Bonchev–Trinajstić information content (AvgIpc) is 2.55. The van der Waals surface area contributed by atoms with Crippen molar-refractivity contribution in [1.29, 1.82) is 0 Å². The van der Waals surface area contributed by atoms with Gasteiger partial charge in [0.2, 0.25) is 5.82 Å². The molecule has 0 saturated heterocycles. The molecule has 0 atom stereocenters. The lowest BCUT2D eigenvalue weighted by molar-refractivity contribution is -0.161. The molecule has 2 heterocycles. The Hall–Kier alpha value is -1.25. The molecule has 0 bridgehead atoms. The van der Waals surface area contributed by atoms with E-state index in [-0.39, 0.29) is 28.9 Å². The summed E-state index contributed by atoms with van der Waals surface area (Å²) >= 11 is 0. The number of nitrogens with zero attached hydrogens (tertiary/aromatic N) is 2. The van der Waals surface area contributed by atoms with Crippen LogP contribution in [0.1, 0.15) is 17.2 Å². The number of fused-ring (bicyclic) bond motifs is 1. The minimum atomic E-state index is -4.89. The predicted octanol–water partition coefficient (Wildman–Crippen LogP) is 2.11. The number of alkyl halides is 6. The molecule has 0 spiro atoms. The summed E-state index contributed by atoms with van der Waals surface area (Å²) in [5.74, 6) is -1.48. The van der Waals surface area contributed by atoms with Gasteiger partial charge in [-0.1, -0.05) is 0 Å². The maximum atomic E-state index is 12.6. The van der Waals surface area contributed by atoms with E-state index in [9.17, 15) is 26.3 Å². The molecule has 0 saturated carbocycles. The molecule has 18 heavy (non-hydrogen) atoms. The summed E-state index contributed by atoms with van der Waals surface area (Å²) in [6.45, 7) is -1.26. The summed E-state index contributed by atoms with van der Waals surface area (Å²) in [4.78, 5) is 3.28. The van der Waals surface area contributed by atoms with Gasteiger partial charge in [-0.05, 0) is 0 Å². The molecule has 1 aromatic heterocycles. The van der Waals surface area contributed by atoms with E-state index >= 15 is 0 Å². The van der Waals surface area contributed by atoms with E-state index in [0.717, 1.165) is 0 Å². The Morgan fingerprint density at radius 1 is 1.17 bits per heavy atom. The summed E-state index contributed by atoms with van der Waals surface area (Å²) < 4.78 is 75.1. The lowest BCUT2D eigenvalue weighted by Crippen LogP contribution is -2.28. The van der Waals surface area contributed by atoms with Gasteiger partial charge in [0.05, 0.1) is 5.69 Å². The maximum Gasteiger partial charge on any atom is 0.449 e. The highest BCUT2D eigenvalue weighted by Gasteiger charge is 2.42. The largest absolute Gasteiger partial charge is 0.449 e. The molecule has 1 aromatic rings. The van der Waals surface area contributed by atoms with Gasteiger partial charge in [-0.15, -0.1) is 0 Å². The van der Waals surface area contributed by atoms with Crippen molar-refractivity contribution in [3.8, 4) is 0 Å². The monoisotopic (exact) mass is 273 g/mol. The number of aromatic nitrogens is 2. The second-order valence-corrected chi connectivity index (χ2v) is 3.95. The molecule has 3 nitrogen and oxygen atoms in total. The van der Waals surface area contributed by atoms with Gasteiger partial charge in [-0.3, -0.25) is 0 Å². The summed E-state index contributed by atoms with van der Waals surface area (Å²) in [6, 6.07) is 0. The van der Waals surface area contributed by atoms with Crippen molar-refractivity contribution >= 4 is 0 Å². The third-order valence-corrected chi connectivity index (χ3v) is 2.58. The van der Waals surface area contributed by atoms with Gasteiger partial charge in [-0.2, -0.15) is 26.3 Å². The highest BCUT2D eigenvalue weighted by molar-refractivity contribution is 5.21. The number of imidazole rings is 1. The van der Waals surface area contributed by atoms with Crippen molar-refractivity contribution in [2.75, 3.05) is 6.54 Å². The van der Waals surface area contributed by atoms with E-state index < -0.39 is 24.7 Å². The molecule has 0 radical (unpaired) electrons. The van der Waals surface area contributed by atoms with Crippen molar-refractivity contribution in [3.05, 3.63) is 17.2 Å². The van der Waals surface area contributed by atoms with Crippen LogP contribution in [0.2, 0.25) is 0 Å². The van der Waals surface area contributed by atoms with E-state index in [4.69, 9.17) is 0 Å². The summed E-state index contributed by atoms with van der Waals surface area (Å²) in [5, 5.41) is 2.77. The smallest absolute Gasteiger partial charge is 0.315 e. The lowest BCUT2D eigenvalue weighted by atomic mass is 10.2. The molecule has 2 rings (SSSR count). The van der Waals surface area contributed by atoms with E-state index in [1.807, 2.05) is 0 Å². The lowest BCUT2D eigenvalue weighted by Gasteiger charge is -2.18. The van der Waals surface area contributed by atoms with Crippen LogP contribution in [-0.4, -0.2) is 22.3 Å². The van der Waals surface area contributed by atoms with Crippen LogP contribution in [0.15, 0.2) is 0 Å². The van der Waals surface area contributed by atoms with Crippen LogP contribution in [0.25, 0.3) is 0 Å². The first-order valence-corrected chi connectivity index (χ1v) is 5.11. The van der Waals surface area contributed by atoms with E-state index in [0.29, 0.717) is 6.54 Å². The number of hydrogen-bond acceptors (Lipinski definition) is 2. The number of nitrogens with one attached hydrogen (secondary N) is 1. The zero-order chi connectivity index (χ0) is 13.6. The third-order valence-electron chi connectivity index (χ3n) is 2.58. The fourth-order valence-corrected chi connectivity index (χ4v) is 1.94. The Kier molecular flexibility index (Phi) is 3.04. The summed E-state index contributed by atoms with van der Waals surface area (Å²) in [6.07, 6.45) is -9.49. The fraction of sp³-hybridized carbons (Fsp3) is 0.667. The van der Waals surface area contributed by atoms with Crippen molar-refractivity contribution in [2.24, 2.45) is 0 Å². The highest BCUT2D eigenvalue weighted by Crippen LogP contribution is 2.33. The summed E-state index contributed by atoms with van der Waals surface area (Å²) in [5.41, 5.74) is 0.0521. The Labute approximate surface area is 97.8 Å². The van der Waals surface area contributed by atoms with Crippen molar-refractivity contribution in [2.45, 2.75) is 31.9 Å². The molecule has 0 fully saturated rings. The zero-order valence-corrected chi connectivity index (χ0v) is 8.99. The van der Waals surface area contributed by atoms with Crippen LogP contribution in [0.5, 0.6) is 0 Å². The number of rotatable bonds is 1. The van der Waals surface area contributed by atoms with Gasteiger partial charge in [0, 0.05) is 25.2 Å². The highest BCUT2D eigenvalue weighted by atomic mass is 19.4. The van der Waals surface area contributed by atoms with Crippen LogP contribution in [0, 0.1) is 0 Å². The van der Waals surface area contributed by atoms with Crippen molar-refractivity contribution < 1.29 is 26.3 Å². The van der Waals surface area contributed by atoms with E-state index in [1.165, 1.54) is 0 Å². The van der Waals surface area contributed by atoms with Gasteiger partial charge in [0.1, 0.15) is 6.54 Å². The van der Waals surface area contributed by atoms with Crippen molar-refractivity contribution in [1.82, 2.24) is 14.9 Å². The van der Waals surface area contributed by atoms with Crippen molar-refractivity contribution in [3.63, 3.8) is 0 Å². The molecule has 102 valence electrons. The Bertz CT molecular complexity index is 444. The van der Waals surface area contributed by atoms with Gasteiger partial charge >= 0.3 is 12.4 Å².